The molecule has 106 valence electrons. The van der Waals surface area contributed by atoms with Crippen LogP contribution in [0.5, 0.6) is 5.75 Å². The Balaban J connectivity index is 2.16. The van der Waals surface area contributed by atoms with Gasteiger partial charge in [0.05, 0.1) is 12.8 Å². The number of nitrogens with zero attached hydrogens (tertiary/aromatic N) is 2. The third kappa shape index (κ3) is 3.31. The molecule has 0 atom stereocenters. The molecule has 0 saturated heterocycles. The van der Waals surface area contributed by atoms with Crippen LogP contribution in [0.25, 0.3) is 0 Å². The van der Waals surface area contributed by atoms with Crippen molar-refractivity contribution in [1.82, 2.24) is 4.98 Å². The van der Waals surface area contributed by atoms with E-state index in [2.05, 4.69) is 51.9 Å². The quantitative estimate of drug-likeness (QED) is 0.841. The molecule has 2 rings (SSSR count). The maximum absolute atomic E-state index is 5.29. The molecular formula is C16H19BrN2O. The normalized spacial score (nSPS) is 10.4. The summed E-state index contributed by atoms with van der Waals surface area (Å²) in [6.45, 7) is 4.88. The van der Waals surface area contributed by atoms with E-state index in [0.29, 0.717) is 0 Å². The van der Waals surface area contributed by atoms with Crippen LogP contribution in [0, 0.1) is 13.8 Å². The Morgan fingerprint density at radius 2 is 1.95 bits per heavy atom. The van der Waals surface area contributed by atoms with Gasteiger partial charge in [-0.2, -0.15) is 0 Å². The number of benzene rings is 1. The highest BCUT2D eigenvalue weighted by Crippen LogP contribution is 2.22. The van der Waals surface area contributed by atoms with E-state index in [9.17, 15) is 0 Å². The number of aromatic nitrogens is 1. The zero-order valence-corrected chi connectivity index (χ0v) is 13.9. The molecule has 0 aliphatic carbocycles. The SMILES string of the molecule is COc1ccc(CN(C)c2ccc(Br)c(C)n2)cc1C. The van der Waals surface area contributed by atoms with E-state index in [4.69, 9.17) is 4.74 Å². The van der Waals surface area contributed by atoms with Gasteiger partial charge in [-0.1, -0.05) is 12.1 Å². The maximum Gasteiger partial charge on any atom is 0.128 e. The molecule has 2 aromatic rings. The molecule has 0 unspecified atom stereocenters. The third-order valence-corrected chi connectivity index (χ3v) is 4.11. The highest BCUT2D eigenvalue weighted by molar-refractivity contribution is 9.10. The minimum atomic E-state index is 0.818. The van der Waals surface area contributed by atoms with Gasteiger partial charge in [0.2, 0.25) is 0 Å². The van der Waals surface area contributed by atoms with E-state index >= 15 is 0 Å². The smallest absolute Gasteiger partial charge is 0.128 e. The van der Waals surface area contributed by atoms with E-state index in [1.807, 2.05) is 25.1 Å². The number of pyridine rings is 1. The van der Waals surface area contributed by atoms with E-state index in [0.717, 1.165) is 33.8 Å². The molecule has 0 N–H and O–H groups in total. The summed E-state index contributed by atoms with van der Waals surface area (Å²) in [5, 5.41) is 0. The topological polar surface area (TPSA) is 25.4 Å². The van der Waals surface area contributed by atoms with Crippen LogP contribution in [0.2, 0.25) is 0 Å². The lowest BCUT2D eigenvalue weighted by Gasteiger charge is -2.19. The largest absolute Gasteiger partial charge is 0.496 e. The van der Waals surface area contributed by atoms with Gasteiger partial charge in [-0.05, 0) is 59.1 Å². The summed E-state index contributed by atoms with van der Waals surface area (Å²) in [7, 11) is 3.75. The van der Waals surface area contributed by atoms with Crippen LogP contribution in [-0.4, -0.2) is 19.1 Å². The number of rotatable bonds is 4. The summed E-state index contributed by atoms with van der Waals surface area (Å²) in [6.07, 6.45) is 0. The van der Waals surface area contributed by atoms with Crippen molar-refractivity contribution in [3.05, 3.63) is 51.6 Å². The molecule has 0 spiro atoms. The fourth-order valence-electron chi connectivity index (χ4n) is 2.14. The Labute approximate surface area is 128 Å². The summed E-state index contributed by atoms with van der Waals surface area (Å²) in [6, 6.07) is 10.3. The Morgan fingerprint density at radius 3 is 2.55 bits per heavy atom. The van der Waals surface area contributed by atoms with Crippen molar-refractivity contribution in [3.63, 3.8) is 0 Å². The number of ether oxygens (including phenoxy) is 1. The van der Waals surface area contributed by atoms with Crippen LogP contribution < -0.4 is 9.64 Å². The molecule has 1 aromatic carbocycles. The lowest BCUT2D eigenvalue weighted by atomic mass is 10.1. The van der Waals surface area contributed by atoms with Gasteiger partial charge in [0.25, 0.3) is 0 Å². The van der Waals surface area contributed by atoms with Crippen molar-refractivity contribution < 1.29 is 4.74 Å². The van der Waals surface area contributed by atoms with Gasteiger partial charge in [-0.3, -0.25) is 0 Å². The number of hydrogen-bond acceptors (Lipinski definition) is 3. The van der Waals surface area contributed by atoms with Gasteiger partial charge in [-0.25, -0.2) is 4.98 Å². The minimum absolute atomic E-state index is 0.818. The average molecular weight is 335 g/mol. The summed E-state index contributed by atoms with van der Waals surface area (Å²) in [5.74, 6) is 1.90. The second-order valence-electron chi connectivity index (χ2n) is 4.90. The van der Waals surface area contributed by atoms with Crippen molar-refractivity contribution in [2.45, 2.75) is 20.4 Å². The highest BCUT2D eigenvalue weighted by atomic mass is 79.9. The number of methoxy groups -OCH3 is 1. The molecule has 4 heteroatoms. The fourth-order valence-corrected chi connectivity index (χ4v) is 2.36. The Morgan fingerprint density at radius 1 is 1.20 bits per heavy atom. The van der Waals surface area contributed by atoms with Crippen LogP contribution in [-0.2, 0) is 6.54 Å². The van der Waals surface area contributed by atoms with E-state index < -0.39 is 0 Å². The molecule has 0 bridgehead atoms. The molecule has 20 heavy (non-hydrogen) atoms. The lowest BCUT2D eigenvalue weighted by molar-refractivity contribution is 0.411. The molecule has 0 aliphatic heterocycles. The van der Waals surface area contributed by atoms with Gasteiger partial charge in [-0.15, -0.1) is 0 Å². The van der Waals surface area contributed by atoms with Crippen molar-refractivity contribution in [3.8, 4) is 5.75 Å². The Hall–Kier alpha value is -1.55. The van der Waals surface area contributed by atoms with Gasteiger partial charge in [0.1, 0.15) is 11.6 Å². The molecule has 1 aromatic heterocycles. The summed E-state index contributed by atoms with van der Waals surface area (Å²) in [5.41, 5.74) is 3.40. The first-order valence-electron chi connectivity index (χ1n) is 6.49. The number of aryl methyl sites for hydroxylation is 2. The Kier molecular flexibility index (Phi) is 4.65. The van der Waals surface area contributed by atoms with E-state index in [1.54, 1.807) is 7.11 Å². The predicted octanol–water partition coefficient (Wildman–Crippen LogP) is 4.11. The third-order valence-electron chi connectivity index (χ3n) is 3.28. The maximum atomic E-state index is 5.29. The van der Waals surface area contributed by atoms with Crippen molar-refractivity contribution in [2.24, 2.45) is 0 Å². The summed E-state index contributed by atoms with van der Waals surface area (Å²) in [4.78, 5) is 6.72. The van der Waals surface area contributed by atoms with E-state index in [1.165, 1.54) is 5.56 Å². The van der Waals surface area contributed by atoms with Crippen LogP contribution in [0.15, 0.2) is 34.8 Å². The standard InChI is InChI=1S/C16H19BrN2O/c1-11-9-13(5-7-15(11)20-4)10-19(3)16-8-6-14(17)12(2)18-16/h5-9H,10H2,1-4H3. The van der Waals surface area contributed by atoms with Gasteiger partial charge in [0, 0.05) is 18.1 Å². The van der Waals surface area contributed by atoms with Crippen molar-refractivity contribution in [1.29, 1.82) is 0 Å². The predicted molar refractivity (Wildman–Crippen MR) is 86.5 cm³/mol. The van der Waals surface area contributed by atoms with Crippen molar-refractivity contribution in [2.75, 3.05) is 19.1 Å². The molecule has 3 nitrogen and oxygen atoms in total. The molecular weight excluding hydrogens is 316 g/mol. The molecule has 0 amide bonds. The van der Waals surface area contributed by atoms with Crippen molar-refractivity contribution >= 4 is 21.7 Å². The van der Waals surface area contributed by atoms with Crippen LogP contribution in [0.3, 0.4) is 0 Å². The van der Waals surface area contributed by atoms with Crippen LogP contribution >= 0.6 is 15.9 Å². The summed E-state index contributed by atoms with van der Waals surface area (Å²) >= 11 is 3.48. The zero-order valence-electron chi connectivity index (χ0n) is 12.3. The first-order chi connectivity index (χ1) is 9.51. The second-order valence-corrected chi connectivity index (χ2v) is 5.75. The van der Waals surface area contributed by atoms with Gasteiger partial charge in [0.15, 0.2) is 0 Å². The number of halogens is 1. The second kappa shape index (κ2) is 6.27. The first-order valence-corrected chi connectivity index (χ1v) is 7.28. The van der Waals surface area contributed by atoms with Crippen LogP contribution in [0.1, 0.15) is 16.8 Å². The molecule has 0 fully saturated rings. The highest BCUT2D eigenvalue weighted by Gasteiger charge is 2.07. The minimum Gasteiger partial charge on any atom is -0.496 e. The number of anilines is 1. The molecule has 0 saturated carbocycles. The fraction of sp³-hybridized carbons (Fsp3) is 0.312. The van der Waals surface area contributed by atoms with E-state index in [-0.39, 0.29) is 0 Å². The average Bonchev–Trinajstić information content (AvgIpc) is 2.42. The lowest BCUT2D eigenvalue weighted by Crippen LogP contribution is -2.18. The zero-order chi connectivity index (χ0) is 14.7. The molecule has 0 aliphatic rings. The molecule has 0 radical (unpaired) electrons. The van der Waals surface area contributed by atoms with Gasteiger partial charge < -0.3 is 9.64 Å². The monoisotopic (exact) mass is 334 g/mol. The summed E-state index contributed by atoms with van der Waals surface area (Å²) < 4.78 is 6.32. The van der Waals surface area contributed by atoms with Crippen LogP contribution in [0.4, 0.5) is 5.82 Å². The van der Waals surface area contributed by atoms with Gasteiger partial charge >= 0.3 is 0 Å². The first kappa shape index (κ1) is 14.9. The molecule has 1 heterocycles. The number of hydrogen-bond donors (Lipinski definition) is 0. The Bertz CT molecular complexity index is 613.